The van der Waals surface area contributed by atoms with E-state index < -0.39 is 5.97 Å². The summed E-state index contributed by atoms with van der Waals surface area (Å²) in [5.41, 5.74) is 0.767. The molecule has 0 radical (unpaired) electrons. The highest BCUT2D eigenvalue weighted by molar-refractivity contribution is 6.33. The molecule has 1 aromatic carbocycles. The molecule has 1 unspecified atom stereocenters. The molecule has 1 aromatic rings. The summed E-state index contributed by atoms with van der Waals surface area (Å²) in [7, 11) is 0. The third-order valence-corrected chi connectivity index (χ3v) is 2.09. The number of anilines is 1. The van der Waals surface area contributed by atoms with Gasteiger partial charge in [0.2, 0.25) is 0 Å². The monoisotopic (exact) mass is 213 g/mol. The molecule has 0 heterocycles. The number of aliphatic carboxylic acids is 1. The van der Waals surface area contributed by atoms with Gasteiger partial charge in [-0.1, -0.05) is 23.7 Å². The average molecular weight is 214 g/mol. The summed E-state index contributed by atoms with van der Waals surface area (Å²) in [5, 5.41) is 12.2. The fourth-order valence-corrected chi connectivity index (χ4v) is 1.35. The first-order valence-corrected chi connectivity index (χ1v) is 4.70. The Bertz CT molecular complexity index is 328. The lowest BCUT2D eigenvalue weighted by molar-refractivity contribution is -0.137. The second-order valence-electron chi connectivity index (χ2n) is 3.12. The van der Waals surface area contributed by atoms with E-state index in [2.05, 4.69) is 5.32 Å². The quantitative estimate of drug-likeness (QED) is 0.809. The summed E-state index contributed by atoms with van der Waals surface area (Å²) in [4.78, 5) is 10.4. The Morgan fingerprint density at radius 1 is 1.57 bits per heavy atom. The number of carboxylic acids is 1. The zero-order valence-electron chi connectivity index (χ0n) is 7.83. The van der Waals surface area contributed by atoms with Crippen molar-refractivity contribution >= 4 is 23.3 Å². The number of halogens is 1. The molecular formula is C10H12ClNO2. The molecule has 1 atom stereocenters. The van der Waals surface area contributed by atoms with Gasteiger partial charge in [-0.05, 0) is 19.1 Å². The zero-order chi connectivity index (χ0) is 10.6. The van der Waals surface area contributed by atoms with E-state index in [4.69, 9.17) is 16.7 Å². The summed E-state index contributed by atoms with van der Waals surface area (Å²) in [6, 6.07) is 7.13. The Morgan fingerprint density at radius 3 is 2.79 bits per heavy atom. The number of para-hydroxylation sites is 1. The molecule has 0 fully saturated rings. The SMILES string of the molecule is CC(CC(=O)O)Nc1ccccc1Cl. The highest BCUT2D eigenvalue weighted by Crippen LogP contribution is 2.21. The lowest BCUT2D eigenvalue weighted by atomic mass is 10.2. The Kier molecular flexibility index (Phi) is 3.77. The normalized spacial score (nSPS) is 12.1. The largest absolute Gasteiger partial charge is 0.481 e. The van der Waals surface area contributed by atoms with Crippen LogP contribution in [-0.4, -0.2) is 17.1 Å². The van der Waals surface area contributed by atoms with Crippen molar-refractivity contribution in [2.75, 3.05) is 5.32 Å². The van der Waals surface area contributed by atoms with E-state index in [1.165, 1.54) is 0 Å². The van der Waals surface area contributed by atoms with E-state index in [0.29, 0.717) is 5.02 Å². The molecule has 0 saturated carbocycles. The van der Waals surface area contributed by atoms with Gasteiger partial charge in [0.15, 0.2) is 0 Å². The smallest absolute Gasteiger partial charge is 0.305 e. The van der Waals surface area contributed by atoms with E-state index in [9.17, 15) is 4.79 Å². The summed E-state index contributed by atoms with van der Waals surface area (Å²) >= 11 is 5.89. The summed E-state index contributed by atoms with van der Waals surface area (Å²) in [5.74, 6) is -0.822. The molecule has 0 amide bonds. The van der Waals surface area contributed by atoms with Crippen molar-refractivity contribution in [3.8, 4) is 0 Å². The first kappa shape index (κ1) is 10.9. The van der Waals surface area contributed by atoms with Crippen molar-refractivity contribution in [1.29, 1.82) is 0 Å². The van der Waals surface area contributed by atoms with Crippen LogP contribution in [0.5, 0.6) is 0 Å². The molecule has 1 rings (SSSR count). The number of rotatable bonds is 4. The fraction of sp³-hybridized carbons (Fsp3) is 0.300. The second kappa shape index (κ2) is 4.86. The summed E-state index contributed by atoms with van der Waals surface area (Å²) in [6.07, 6.45) is 0.0746. The first-order valence-electron chi connectivity index (χ1n) is 4.32. The highest BCUT2D eigenvalue weighted by atomic mass is 35.5. The molecule has 0 aliphatic carbocycles. The van der Waals surface area contributed by atoms with Crippen LogP contribution >= 0.6 is 11.6 Å². The molecular weight excluding hydrogens is 202 g/mol. The van der Waals surface area contributed by atoms with Gasteiger partial charge in [-0.15, -0.1) is 0 Å². The maximum absolute atomic E-state index is 10.4. The van der Waals surface area contributed by atoms with Crippen LogP contribution in [0.4, 0.5) is 5.69 Å². The van der Waals surface area contributed by atoms with Crippen LogP contribution in [0.3, 0.4) is 0 Å². The minimum absolute atomic E-state index is 0.0746. The molecule has 14 heavy (non-hydrogen) atoms. The molecule has 0 aliphatic rings. The Balaban J connectivity index is 2.60. The lowest BCUT2D eigenvalue weighted by Crippen LogP contribution is -2.19. The number of nitrogens with one attached hydrogen (secondary N) is 1. The van der Waals surface area contributed by atoms with Crippen LogP contribution in [0.2, 0.25) is 5.02 Å². The van der Waals surface area contributed by atoms with Gasteiger partial charge in [0.05, 0.1) is 17.1 Å². The van der Waals surface area contributed by atoms with E-state index in [0.717, 1.165) is 5.69 Å². The van der Waals surface area contributed by atoms with Gasteiger partial charge < -0.3 is 10.4 Å². The van der Waals surface area contributed by atoms with Gasteiger partial charge in [0.1, 0.15) is 0 Å². The van der Waals surface area contributed by atoms with E-state index in [-0.39, 0.29) is 12.5 Å². The fourth-order valence-electron chi connectivity index (χ4n) is 1.16. The van der Waals surface area contributed by atoms with Crippen molar-refractivity contribution in [2.45, 2.75) is 19.4 Å². The maximum atomic E-state index is 10.4. The number of carboxylic acid groups (broad SMARTS) is 1. The van der Waals surface area contributed by atoms with E-state index in [1.807, 2.05) is 18.2 Å². The maximum Gasteiger partial charge on any atom is 0.305 e. The van der Waals surface area contributed by atoms with E-state index >= 15 is 0 Å². The molecule has 0 bridgehead atoms. The molecule has 3 nitrogen and oxygen atoms in total. The van der Waals surface area contributed by atoms with Crippen LogP contribution in [0.15, 0.2) is 24.3 Å². The predicted octanol–water partition coefficient (Wildman–Crippen LogP) is 2.62. The second-order valence-corrected chi connectivity index (χ2v) is 3.53. The van der Waals surface area contributed by atoms with Gasteiger partial charge in [0.25, 0.3) is 0 Å². The molecule has 4 heteroatoms. The van der Waals surface area contributed by atoms with Gasteiger partial charge in [-0.3, -0.25) is 4.79 Å². The van der Waals surface area contributed by atoms with Crippen molar-refractivity contribution in [2.24, 2.45) is 0 Å². The minimum atomic E-state index is -0.822. The van der Waals surface area contributed by atoms with Gasteiger partial charge >= 0.3 is 5.97 Å². The number of benzene rings is 1. The minimum Gasteiger partial charge on any atom is -0.481 e. The van der Waals surface area contributed by atoms with Crippen LogP contribution in [0.25, 0.3) is 0 Å². The number of carbonyl (C=O) groups is 1. The van der Waals surface area contributed by atoms with E-state index in [1.54, 1.807) is 13.0 Å². The van der Waals surface area contributed by atoms with Crippen LogP contribution in [0, 0.1) is 0 Å². The first-order chi connectivity index (χ1) is 6.59. The Morgan fingerprint density at radius 2 is 2.21 bits per heavy atom. The van der Waals surface area contributed by atoms with Crippen LogP contribution < -0.4 is 5.32 Å². The third kappa shape index (κ3) is 3.26. The lowest BCUT2D eigenvalue weighted by Gasteiger charge is -2.13. The molecule has 2 N–H and O–H groups in total. The molecule has 0 aliphatic heterocycles. The molecule has 76 valence electrons. The highest BCUT2D eigenvalue weighted by Gasteiger charge is 2.08. The number of hydrogen-bond donors (Lipinski definition) is 2. The van der Waals surface area contributed by atoms with Gasteiger partial charge in [-0.2, -0.15) is 0 Å². The standard InChI is InChI=1S/C10H12ClNO2/c1-7(6-10(13)14)12-9-5-3-2-4-8(9)11/h2-5,7,12H,6H2,1H3,(H,13,14). The molecule has 0 aromatic heterocycles. The topological polar surface area (TPSA) is 49.3 Å². The zero-order valence-corrected chi connectivity index (χ0v) is 8.58. The van der Waals surface area contributed by atoms with Crippen LogP contribution in [0.1, 0.15) is 13.3 Å². The predicted molar refractivity (Wildman–Crippen MR) is 56.8 cm³/mol. The summed E-state index contributed by atoms with van der Waals surface area (Å²) in [6.45, 7) is 1.80. The molecule has 0 saturated heterocycles. The van der Waals surface area contributed by atoms with Crippen molar-refractivity contribution < 1.29 is 9.90 Å². The summed E-state index contributed by atoms with van der Waals surface area (Å²) < 4.78 is 0. The number of hydrogen-bond acceptors (Lipinski definition) is 2. The Labute approximate surface area is 87.7 Å². The molecule has 0 spiro atoms. The van der Waals surface area contributed by atoms with Gasteiger partial charge in [-0.25, -0.2) is 0 Å². The van der Waals surface area contributed by atoms with Crippen LogP contribution in [-0.2, 0) is 4.79 Å². The van der Waals surface area contributed by atoms with Crippen molar-refractivity contribution in [3.63, 3.8) is 0 Å². The van der Waals surface area contributed by atoms with Crippen molar-refractivity contribution in [3.05, 3.63) is 29.3 Å². The Hall–Kier alpha value is -1.22. The third-order valence-electron chi connectivity index (χ3n) is 1.76. The van der Waals surface area contributed by atoms with Gasteiger partial charge in [0, 0.05) is 6.04 Å². The van der Waals surface area contributed by atoms with Crippen molar-refractivity contribution in [1.82, 2.24) is 0 Å². The average Bonchev–Trinajstić information content (AvgIpc) is 2.07.